The highest BCUT2D eigenvalue weighted by Gasteiger charge is 2.21. The lowest BCUT2D eigenvalue weighted by atomic mass is 10.2. The van der Waals surface area contributed by atoms with E-state index in [4.69, 9.17) is 5.11 Å². The quantitative estimate of drug-likeness (QED) is 0.852. The molecule has 0 radical (unpaired) electrons. The zero-order valence-corrected chi connectivity index (χ0v) is 9.85. The first-order valence-electron chi connectivity index (χ1n) is 6.14. The number of aromatic carboxylic acids is 1. The average molecular weight is 246 g/mol. The van der Waals surface area contributed by atoms with Gasteiger partial charge in [-0.05, 0) is 31.0 Å². The fourth-order valence-corrected chi connectivity index (χ4v) is 2.79. The maximum absolute atomic E-state index is 12.0. The molecule has 5 heteroatoms. The van der Waals surface area contributed by atoms with E-state index < -0.39 is 5.97 Å². The molecule has 1 saturated carbocycles. The summed E-state index contributed by atoms with van der Waals surface area (Å²) in [4.78, 5) is 25.6. The molecule has 2 aromatic rings. The molecule has 2 N–H and O–H groups in total. The van der Waals surface area contributed by atoms with Crippen LogP contribution in [0.4, 0.5) is 0 Å². The Bertz CT molecular complexity index is 662. The van der Waals surface area contributed by atoms with Crippen LogP contribution in [0.3, 0.4) is 0 Å². The minimum Gasteiger partial charge on any atom is -0.478 e. The van der Waals surface area contributed by atoms with Crippen LogP contribution in [-0.2, 0) is 0 Å². The molecular formula is C13H14N2O3. The lowest BCUT2D eigenvalue weighted by Crippen LogP contribution is -2.20. The number of H-pyrrole nitrogens is 1. The van der Waals surface area contributed by atoms with Crippen molar-refractivity contribution in [2.75, 3.05) is 0 Å². The molecule has 0 bridgehead atoms. The number of nitrogens with one attached hydrogen (secondary N) is 1. The van der Waals surface area contributed by atoms with Crippen molar-refractivity contribution in [3.63, 3.8) is 0 Å². The highest BCUT2D eigenvalue weighted by atomic mass is 16.4. The van der Waals surface area contributed by atoms with Gasteiger partial charge in [0, 0.05) is 6.04 Å². The Hall–Kier alpha value is -2.04. The summed E-state index contributed by atoms with van der Waals surface area (Å²) in [6.45, 7) is 0. The molecule has 1 fully saturated rings. The summed E-state index contributed by atoms with van der Waals surface area (Å²) < 4.78 is 1.77. The molecule has 0 unspecified atom stereocenters. The normalized spacial score (nSPS) is 16.4. The Kier molecular flexibility index (Phi) is 2.47. The van der Waals surface area contributed by atoms with Crippen LogP contribution >= 0.6 is 0 Å². The van der Waals surface area contributed by atoms with Gasteiger partial charge >= 0.3 is 11.7 Å². The van der Waals surface area contributed by atoms with Gasteiger partial charge in [-0.1, -0.05) is 12.8 Å². The van der Waals surface area contributed by atoms with Gasteiger partial charge in [-0.15, -0.1) is 0 Å². The van der Waals surface area contributed by atoms with Crippen molar-refractivity contribution in [3.8, 4) is 0 Å². The van der Waals surface area contributed by atoms with Gasteiger partial charge in [0.2, 0.25) is 0 Å². The summed E-state index contributed by atoms with van der Waals surface area (Å²) in [6.07, 6.45) is 4.34. The molecule has 3 rings (SSSR count). The number of rotatable bonds is 2. The number of carboxylic acids is 1. The Morgan fingerprint density at radius 3 is 2.72 bits per heavy atom. The number of benzene rings is 1. The third-order valence-electron chi connectivity index (χ3n) is 3.65. The van der Waals surface area contributed by atoms with E-state index in [1.54, 1.807) is 16.7 Å². The predicted octanol–water partition coefficient (Wildman–Crippen LogP) is 2.14. The lowest BCUT2D eigenvalue weighted by Gasteiger charge is -2.10. The standard InChI is InChI=1S/C13H14N2O3/c16-12(17)8-5-6-11-10(7-8)14-13(18)15(11)9-3-1-2-4-9/h5-7,9H,1-4H2,(H,14,18)(H,16,17). The van der Waals surface area contributed by atoms with Crippen LogP contribution in [0, 0.1) is 0 Å². The molecule has 0 amide bonds. The van der Waals surface area contributed by atoms with Gasteiger partial charge < -0.3 is 10.1 Å². The van der Waals surface area contributed by atoms with E-state index in [-0.39, 0.29) is 17.3 Å². The monoisotopic (exact) mass is 246 g/mol. The summed E-state index contributed by atoms with van der Waals surface area (Å²) >= 11 is 0. The van der Waals surface area contributed by atoms with Gasteiger partial charge in [0.05, 0.1) is 16.6 Å². The topological polar surface area (TPSA) is 75.1 Å². The van der Waals surface area contributed by atoms with Crippen LogP contribution < -0.4 is 5.69 Å². The first-order valence-corrected chi connectivity index (χ1v) is 6.14. The summed E-state index contributed by atoms with van der Waals surface area (Å²) in [5.41, 5.74) is 1.46. The van der Waals surface area contributed by atoms with Crippen molar-refractivity contribution < 1.29 is 9.90 Å². The Morgan fingerprint density at radius 1 is 1.33 bits per heavy atom. The number of hydrogen-bond acceptors (Lipinski definition) is 2. The van der Waals surface area contributed by atoms with E-state index in [0.717, 1.165) is 31.2 Å². The van der Waals surface area contributed by atoms with E-state index in [1.165, 1.54) is 6.07 Å². The third-order valence-corrected chi connectivity index (χ3v) is 3.65. The molecule has 0 aliphatic heterocycles. The SMILES string of the molecule is O=C(O)c1ccc2c(c1)[nH]c(=O)n2C1CCCC1. The zero-order valence-electron chi connectivity index (χ0n) is 9.85. The second-order valence-corrected chi connectivity index (χ2v) is 4.78. The van der Waals surface area contributed by atoms with Crippen LogP contribution in [0.25, 0.3) is 11.0 Å². The molecule has 94 valence electrons. The molecule has 1 aliphatic carbocycles. The molecular weight excluding hydrogens is 232 g/mol. The summed E-state index contributed by atoms with van der Waals surface area (Å²) in [6, 6.07) is 5.03. The van der Waals surface area contributed by atoms with Crippen LogP contribution in [0.5, 0.6) is 0 Å². The van der Waals surface area contributed by atoms with Crippen molar-refractivity contribution in [2.45, 2.75) is 31.7 Å². The first kappa shape index (κ1) is 11.1. The van der Waals surface area contributed by atoms with Gasteiger partial charge in [0.1, 0.15) is 0 Å². The Balaban J connectivity index is 2.18. The van der Waals surface area contributed by atoms with Crippen molar-refractivity contribution in [1.82, 2.24) is 9.55 Å². The van der Waals surface area contributed by atoms with E-state index in [2.05, 4.69) is 4.98 Å². The van der Waals surface area contributed by atoms with Crippen molar-refractivity contribution in [3.05, 3.63) is 34.2 Å². The highest BCUT2D eigenvalue weighted by Crippen LogP contribution is 2.30. The minimum atomic E-state index is -0.980. The summed E-state index contributed by atoms with van der Waals surface area (Å²) in [5.74, 6) is -0.980. The molecule has 0 saturated heterocycles. The van der Waals surface area contributed by atoms with Crippen molar-refractivity contribution in [2.24, 2.45) is 0 Å². The summed E-state index contributed by atoms with van der Waals surface area (Å²) in [5, 5.41) is 8.93. The second kappa shape index (κ2) is 4.01. The van der Waals surface area contributed by atoms with Crippen LogP contribution in [0.1, 0.15) is 42.1 Å². The zero-order chi connectivity index (χ0) is 12.7. The Labute approximate surface area is 103 Å². The number of fused-ring (bicyclic) bond motifs is 1. The third kappa shape index (κ3) is 1.63. The van der Waals surface area contributed by atoms with Gasteiger partial charge in [-0.2, -0.15) is 0 Å². The van der Waals surface area contributed by atoms with Crippen LogP contribution in [-0.4, -0.2) is 20.6 Å². The van der Waals surface area contributed by atoms with E-state index in [0.29, 0.717) is 5.52 Å². The van der Waals surface area contributed by atoms with E-state index in [1.807, 2.05) is 0 Å². The summed E-state index contributed by atoms with van der Waals surface area (Å²) in [7, 11) is 0. The molecule has 1 heterocycles. The van der Waals surface area contributed by atoms with E-state index >= 15 is 0 Å². The number of carbonyl (C=O) groups is 1. The van der Waals surface area contributed by atoms with Crippen LogP contribution in [0.15, 0.2) is 23.0 Å². The first-order chi connectivity index (χ1) is 8.66. The fourth-order valence-electron chi connectivity index (χ4n) is 2.79. The predicted molar refractivity (Wildman–Crippen MR) is 67.0 cm³/mol. The minimum absolute atomic E-state index is 0.139. The van der Waals surface area contributed by atoms with Gasteiger partial charge in [-0.25, -0.2) is 9.59 Å². The molecule has 1 aromatic heterocycles. The maximum Gasteiger partial charge on any atom is 0.335 e. The van der Waals surface area contributed by atoms with Crippen molar-refractivity contribution >= 4 is 17.0 Å². The molecule has 1 aliphatic rings. The van der Waals surface area contributed by atoms with Gasteiger partial charge in [0.25, 0.3) is 0 Å². The number of imidazole rings is 1. The molecule has 1 aromatic carbocycles. The molecule has 0 spiro atoms. The molecule has 5 nitrogen and oxygen atoms in total. The van der Waals surface area contributed by atoms with Crippen molar-refractivity contribution in [1.29, 1.82) is 0 Å². The largest absolute Gasteiger partial charge is 0.478 e. The smallest absolute Gasteiger partial charge is 0.335 e. The lowest BCUT2D eigenvalue weighted by molar-refractivity contribution is 0.0697. The van der Waals surface area contributed by atoms with Gasteiger partial charge in [-0.3, -0.25) is 4.57 Å². The highest BCUT2D eigenvalue weighted by molar-refractivity contribution is 5.92. The van der Waals surface area contributed by atoms with E-state index in [9.17, 15) is 9.59 Å². The molecule has 0 atom stereocenters. The fraction of sp³-hybridized carbons (Fsp3) is 0.385. The number of carboxylic acid groups (broad SMARTS) is 1. The number of nitrogens with zero attached hydrogens (tertiary/aromatic N) is 1. The maximum atomic E-state index is 12.0. The average Bonchev–Trinajstić information content (AvgIpc) is 2.93. The second-order valence-electron chi connectivity index (χ2n) is 4.78. The number of aromatic nitrogens is 2. The Morgan fingerprint density at radius 2 is 2.06 bits per heavy atom. The van der Waals surface area contributed by atoms with Gasteiger partial charge in [0.15, 0.2) is 0 Å². The molecule has 18 heavy (non-hydrogen) atoms. The van der Waals surface area contributed by atoms with Crippen LogP contribution in [0.2, 0.25) is 0 Å². The number of aromatic amines is 1. The number of hydrogen-bond donors (Lipinski definition) is 2.